The molecule has 2 N–H and O–H groups in total. The van der Waals surface area contributed by atoms with Crippen LogP contribution in [0, 0.1) is 6.92 Å². The van der Waals surface area contributed by atoms with Crippen LogP contribution in [0.25, 0.3) is 0 Å². The summed E-state index contributed by atoms with van der Waals surface area (Å²) < 4.78 is 5.12. The number of benzene rings is 2. The van der Waals surface area contributed by atoms with Crippen molar-refractivity contribution in [1.82, 2.24) is 15.2 Å². The molecule has 0 saturated heterocycles. The van der Waals surface area contributed by atoms with Crippen LogP contribution in [0.3, 0.4) is 0 Å². The van der Waals surface area contributed by atoms with Crippen LogP contribution in [0.5, 0.6) is 5.75 Å². The highest BCUT2D eigenvalue weighted by atomic mass is 35.5. The number of hydrogen-bond acceptors (Lipinski definition) is 5. The predicted molar refractivity (Wildman–Crippen MR) is 97.9 cm³/mol. The van der Waals surface area contributed by atoms with Crippen molar-refractivity contribution in [2.75, 3.05) is 12.4 Å². The van der Waals surface area contributed by atoms with Crippen LogP contribution in [0.15, 0.2) is 47.3 Å². The van der Waals surface area contributed by atoms with Gasteiger partial charge < -0.3 is 10.1 Å². The molecule has 25 heavy (non-hydrogen) atoms. The van der Waals surface area contributed by atoms with E-state index in [1.165, 1.54) is 0 Å². The highest BCUT2D eigenvalue weighted by Gasteiger charge is 2.08. The van der Waals surface area contributed by atoms with Gasteiger partial charge in [0, 0.05) is 17.1 Å². The van der Waals surface area contributed by atoms with Gasteiger partial charge in [-0.25, -0.2) is 0 Å². The summed E-state index contributed by atoms with van der Waals surface area (Å²) in [5, 5.41) is 11.7. The van der Waals surface area contributed by atoms with Crippen molar-refractivity contribution in [1.29, 1.82) is 0 Å². The van der Waals surface area contributed by atoms with Crippen LogP contribution in [0.2, 0.25) is 5.02 Å². The van der Waals surface area contributed by atoms with E-state index in [0.29, 0.717) is 17.1 Å². The second kappa shape index (κ2) is 7.36. The maximum absolute atomic E-state index is 12.3. The molecule has 0 bridgehead atoms. The molecule has 0 spiro atoms. The first-order chi connectivity index (χ1) is 12.0. The van der Waals surface area contributed by atoms with Gasteiger partial charge in [-0.1, -0.05) is 29.8 Å². The van der Waals surface area contributed by atoms with Crippen LogP contribution in [0.1, 0.15) is 16.8 Å². The second-order valence-electron chi connectivity index (χ2n) is 5.56. The van der Waals surface area contributed by atoms with E-state index < -0.39 is 0 Å². The van der Waals surface area contributed by atoms with E-state index in [-0.39, 0.29) is 11.5 Å². The molecule has 3 aromatic rings. The van der Waals surface area contributed by atoms with Crippen LogP contribution in [-0.2, 0) is 6.42 Å². The SMILES string of the molecule is COc1ccc(Cc2nnc(Nc3cc(Cl)ccc3C)[nH]c2=O)cc1. The molecule has 0 aliphatic rings. The number of rotatable bonds is 5. The number of H-pyrrole nitrogens is 1. The van der Waals surface area contributed by atoms with E-state index in [1.54, 1.807) is 19.2 Å². The monoisotopic (exact) mass is 356 g/mol. The first-order valence-electron chi connectivity index (χ1n) is 7.67. The van der Waals surface area contributed by atoms with Gasteiger partial charge in [0.15, 0.2) is 0 Å². The van der Waals surface area contributed by atoms with Crippen molar-refractivity contribution < 1.29 is 4.74 Å². The first-order valence-corrected chi connectivity index (χ1v) is 8.05. The van der Waals surface area contributed by atoms with Crippen LogP contribution < -0.4 is 15.6 Å². The summed E-state index contributed by atoms with van der Waals surface area (Å²) >= 11 is 5.99. The van der Waals surface area contributed by atoms with Crippen molar-refractivity contribution in [3.05, 3.63) is 74.7 Å². The minimum absolute atomic E-state index is 0.272. The summed E-state index contributed by atoms with van der Waals surface area (Å²) in [5.41, 5.74) is 2.76. The molecule has 0 fully saturated rings. The average molecular weight is 357 g/mol. The Kier molecular flexibility index (Phi) is 5.00. The molecular weight excluding hydrogens is 340 g/mol. The van der Waals surface area contributed by atoms with Crippen molar-refractivity contribution in [2.45, 2.75) is 13.3 Å². The fraction of sp³-hybridized carbons (Fsp3) is 0.167. The smallest absolute Gasteiger partial charge is 0.274 e. The molecule has 0 aliphatic heterocycles. The summed E-state index contributed by atoms with van der Waals surface area (Å²) in [6, 6.07) is 12.9. The van der Waals surface area contributed by atoms with Gasteiger partial charge in [0.1, 0.15) is 11.4 Å². The summed E-state index contributed by atoms with van der Waals surface area (Å²) in [4.78, 5) is 15.0. The number of nitrogens with zero attached hydrogens (tertiary/aromatic N) is 2. The van der Waals surface area contributed by atoms with E-state index in [2.05, 4.69) is 20.5 Å². The lowest BCUT2D eigenvalue weighted by Crippen LogP contribution is -2.19. The van der Waals surface area contributed by atoms with E-state index in [9.17, 15) is 4.79 Å². The van der Waals surface area contributed by atoms with Crippen LogP contribution in [0.4, 0.5) is 11.6 Å². The average Bonchev–Trinajstić information content (AvgIpc) is 2.61. The van der Waals surface area contributed by atoms with Gasteiger partial charge in [0.2, 0.25) is 5.95 Å². The Hall–Kier alpha value is -2.86. The third-order valence-corrected chi connectivity index (χ3v) is 3.98. The van der Waals surface area contributed by atoms with Gasteiger partial charge in [-0.2, -0.15) is 0 Å². The minimum Gasteiger partial charge on any atom is -0.497 e. The number of aromatic nitrogens is 3. The number of methoxy groups -OCH3 is 1. The maximum atomic E-state index is 12.3. The van der Waals surface area contributed by atoms with Crippen LogP contribution in [-0.4, -0.2) is 22.3 Å². The Labute approximate surface area is 149 Å². The molecule has 2 aromatic carbocycles. The lowest BCUT2D eigenvalue weighted by molar-refractivity contribution is 0.414. The number of ether oxygens (including phenoxy) is 1. The number of anilines is 2. The molecule has 0 radical (unpaired) electrons. The van der Waals surface area contributed by atoms with Crippen LogP contribution >= 0.6 is 11.6 Å². The Bertz CT molecular complexity index is 939. The maximum Gasteiger partial charge on any atom is 0.274 e. The lowest BCUT2D eigenvalue weighted by atomic mass is 10.1. The Morgan fingerprint density at radius 2 is 1.92 bits per heavy atom. The molecule has 1 heterocycles. The van der Waals surface area contributed by atoms with Gasteiger partial charge >= 0.3 is 0 Å². The van der Waals surface area contributed by atoms with Gasteiger partial charge in [-0.05, 0) is 42.3 Å². The zero-order valence-corrected chi connectivity index (χ0v) is 14.6. The molecule has 1 aromatic heterocycles. The number of halogens is 1. The van der Waals surface area contributed by atoms with Gasteiger partial charge in [0.25, 0.3) is 5.56 Å². The Morgan fingerprint density at radius 1 is 1.16 bits per heavy atom. The number of aromatic amines is 1. The minimum atomic E-state index is -0.284. The van der Waals surface area contributed by atoms with E-state index >= 15 is 0 Å². The molecule has 0 amide bonds. The lowest BCUT2D eigenvalue weighted by Gasteiger charge is -2.09. The molecule has 0 saturated carbocycles. The molecule has 0 unspecified atom stereocenters. The summed E-state index contributed by atoms with van der Waals surface area (Å²) in [6.07, 6.45) is 0.392. The molecule has 7 heteroatoms. The summed E-state index contributed by atoms with van der Waals surface area (Å²) in [5.74, 6) is 1.04. The number of hydrogen-bond donors (Lipinski definition) is 2. The largest absolute Gasteiger partial charge is 0.497 e. The van der Waals surface area contributed by atoms with Crippen molar-refractivity contribution in [3.63, 3.8) is 0 Å². The molecule has 0 aliphatic carbocycles. The second-order valence-corrected chi connectivity index (χ2v) is 5.99. The van der Waals surface area contributed by atoms with Crippen molar-refractivity contribution in [2.24, 2.45) is 0 Å². The molecular formula is C18H17ClN4O2. The van der Waals surface area contributed by atoms with Crippen molar-refractivity contribution in [3.8, 4) is 5.75 Å². The third-order valence-electron chi connectivity index (χ3n) is 3.75. The zero-order chi connectivity index (χ0) is 17.8. The Balaban J connectivity index is 1.78. The number of aryl methyl sites for hydroxylation is 1. The zero-order valence-electron chi connectivity index (χ0n) is 13.8. The van der Waals surface area contributed by atoms with Gasteiger partial charge in [-0.3, -0.25) is 9.78 Å². The highest BCUT2D eigenvalue weighted by Crippen LogP contribution is 2.22. The summed E-state index contributed by atoms with van der Waals surface area (Å²) in [6.45, 7) is 1.93. The highest BCUT2D eigenvalue weighted by molar-refractivity contribution is 6.30. The van der Waals surface area contributed by atoms with Crippen molar-refractivity contribution >= 4 is 23.2 Å². The quantitative estimate of drug-likeness (QED) is 0.731. The normalized spacial score (nSPS) is 10.5. The standard InChI is InChI=1S/C18H17ClN4O2/c1-11-3-6-13(19)10-15(11)20-18-21-17(24)16(22-23-18)9-12-4-7-14(25-2)8-5-12/h3-8,10H,9H2,1-2H3,(H2,20,21,23,24). The molecule has 6 nitrogen and oxygen atoms in total. The van der Waals surface area contributed by atoms with E-state index in [4.69, 9.17) is 16.3 Å². The fourth-order valence-corrected chi connectivity index (χ4v) is 2.50. The topological polar surface area (TPSA) is 79.9 Å². The summed E-state index contributed by atoms with van der Waals surface area (Å²) in [7, 11) is 1.61. The van der Waals surface area contributed by atoms with Gasteiger partial charge in [-0.15, -0.1) is 10.2 Å². The fourth-order valence-electron chi connectivity index (χ4n) is 2.33. The first kappa shape index (κ1) is 17.0. The Morgan fingerprint density at radius 3 is 2.60 bits per heavy atom. The molecule has 3 rings (SSSR count). The molecule has 128 valence electrons. The van der Waals surface area contributed by atoms with Gasteiger partial charge in [0.05, 0.1) is 7.11 Å². The molecule has 0 atom stereocenters. The third kappa shape index (κ3) is 4.16. The van der Waals surface area contributed by atoms with E-state index in [1.807, 2.05) is 37.3 Å². The predicted octanol–water partition coefficient (Wildman–Crippen LogP) is 3.47. The van der Waals surface area contributed by atoms with E-state index in [0.717, 1.165) is 22.6 Å². The number of nitrogens with one attached hydrogen (secondary N) is 2.